The van der Waals surface area contributed by atoms with E-state index in [0.29, 0.717) is 6.42 Å². The molecule has 0 aromatic heterocycles. The molecule has 1 N–H and O–H groups in total. The minimum absolute atomic E-state index is 0. The van der Waals surface area contributed by atoms with Gasteiger partial charge in [-0.25, -0.2) is 0 Å². The van der Waals surface area contributed by atoms with E-state index in [4.69, 9.17) is 4.89 Å². The second-order valence-corrected chi connectivity index (χ2v) is 5.33. The Morgan fingerprint density at radius 2 is 1.41 bits per heavy atom. The largest absolute Gasteiger partial charge is 1.00 e. The van der Waals surface area contributed by atoms with Crippen molar-refractivity contribution in [3.63, 3.8) is 0 Å². The van der Waals surface area contributed by atoms with Crippen LogP contribution in [0.4, 0.5) is 0 Å². The molecule has 6 heteroatoms. The van der Waals surface area contributed by atoms with Crippen molar-refractivity contribution in [1.29, 1.82) is 0 Å². The molecule has 0 aromatic rings. The molecule has 0 heterocycles. The molecule has 1 unspecified atom stereocenters. The van der Waals surface area contributed by atoms with E-state index in [9.17, 15) is 9.46 Å². The van der Waals surface area contributed by atoms with Crippen molar-refractivity contribution in [3.05, 3.63) is 0 Å². The minimum Gasteiger partial charge on any atom is -0.756 e. The maximum Gasteiger partial charge on any atom is 1.00 e. The summed E-state index contributed by atoms with van der Waals surface area (Å²) in [5.74, 6) is 0. The molecule has 0 fully saturated rings. The first-order valence-electron chi connectivity index (χ1n) is 6.24. The van der Waals surface area contributed by atoms with Crippen LogP contribution < -0.4 is 73.8 Å². The zero-order chi connectivity index (χ0) is 12.3. The van der Waals surface area contributed by atoms with Gasteiger partial charge in [0, 0.05) is 0 Å². The Morgan fingerprint density at radius 3 is 1.82 bits per heavy atom. The molecule has 0 spiro atoms. The van der Waals surface area contributed by atoms with Crippen molar-refractivity contribution in [2.24, 2.45) is 0 Å². The molecule has 0 aromatic carbocycles. The molecule has 0 saturated heterocycles. The Labute approximate surface area is 164 Å². The average Bonchev–Trinajstić information content (AvgIpc) is 2.19. The van der Waals surface area contributed by atoms with E-state index in [1.54, 1.807) is 0 Å². The monoisotopic (exact) mass is 384 g/mol. The molecule has 0 radical (unpaired) electrons. The van der Waals surface area contributed by atoms with Gasteiger partial charge in [0.2, 0.25) is 0 Å². The van der Waals surface area contributed by atoms with Gasteiger partial charge in [0.1, 0.15) is 0 Å². The standard InChI is InChI=1S/C11H25O4P.Cs/c1-2-3-4-5-6-7-8-9-10-11-15-16(12,13)14;/h2-11H2,1H3,(H2,12,13,14);/q;+1/p-1. The van der Waals surface area contributed by atoms with E-state index < -0.39 is 7.82 Å². The SMILES string of the molecule is CCCCCCCCCCCOP(=O)([O-])O.[Cs+]. The van der Waals surface area contributed by atoms with Crippen LogP contribution in [0.25, 0.3) is 0 Å². The summed E-state index contributed by atoms with van der Waals surface area (Å²) < 4.78 is 14.5. The van der Waals surface area contributed by atoms with Gasteiger partial charge in [-0.3, -0.25) is 4.57 Å². The third kappa shape index (κ3) is 20.6. The smallest absolute Gasteiger partial charge is 0.756 e. The summed E-state index contributed by atoms with van der Waals surface area (Å²) in [6.07, 6.45) is 10.5. The molecular formula is C11H24CsO4P. The first kappa shape index (κ1) is 21.5. The molecule has 1 atom stereocenters. The summed E-state index contributed by atoms with van der Waals surface area (Å²) >= 11 is 0. The fourth-order valence-electron chi connectivity index (χ4n) is 1.59. The van der Waals surface area contributed by atoms with Crippen molar-refractivity contribution in [3.8, 4) is 0 Å². The van der Waals surface area contributed by atoms with Gasteiger partial charge < -0.3 is 14.3 Å². The third-order valence-electron chi connectivity index (χ3n) is 2.50. The van der Waals surface area contributed by atoms with E-state index in [1.807, 2.05) is 0 Å². The molecule has 4 nitrogen and oxygen atoms in total. The van der Waals surface area contributed by atoms with Gasteiger partial charge in [0.05, 0.1) is 6.61 Å². The van der Waals surface area contributed by atoms with Crippen LogP contribution in [-0.4, -0.2) is 11.5 Å². The van der Waals surface area contributed by atoms with Gasteiger partial charge in [-0.1, -0.05) is 58.3 Å². The zero-order valence-electron chi connectivity index (χ0n) is 11.2. The van der Waals surface area contributed by atoms with Crippen LogP contribution in [0.1, 0.15) is 64.7 Å². The molecule has 98 valence electrons. The molecule has 17 heavy (non-hydrogen) atoms. The fraction of sp³-hybridized carbons (Fsp3) is 1.00. The van der Waals surface area contributed by atoms with Gasteiger partial charge in [-0.05, 0) is 6.42 Å². The third-order valence-corrected chi connectivity index (χ3v) is 3.01. The van der Waals surface area contributed by atoms with Gasteiger partial charge in [-0.15, -0.1) is 0 Å². The van der Waals surface area contributed by atoms with E-state index in [2.05, 4.69) is 11.4 Å². The van der Waals surface area contributed by atoms with E-state index >= 15 is 0 Å². The molecule has 0 saturated carbocycles. The maximum absolute atomic E-state index is 10.2. The topological polar surface area (TPSA) is 69.6 Å². The first-order chi connectivity index (χ1) is 7.56. The first-order valence-corrected chi connectivity index (χ1v) is 7.74. The van der Waals surface area contributed by atoms with Crippen LogP contribution in [0.2, 0.25) is 0 Å². The summed E-state index contributed by atoms with van der Waals surface area (Å²) in [6, 6.07) is 0. The van der Waals surface area contributed by atoms with Crippen LogP contribution in [0.15, 0.2) is 0 Å². The molecule has 0 aliphatic heterocycles. The summed E-state index contributed by atoms with van der Waals surface area (Å²) in [5, 5.41) is 0. The molecule has 0 aliphatic carbocycles. The predicted molar refractivity (Wildman–Crippen MR) is 63.0 cm³/mol. The Bertz CT molecular complexity index is 196. The zero-order valence-corrected chi connectivity index (χ0v) is 18.4. The van der Waals surface area contributed by atoms with Crippen LogP contribution in [0.5, 0.6) is 0 Å². The number of unbranched alkanes of at least 4 members (excludes halogenated alkanes) is 8. The van der Waals surface area contributed by atoms with E-state index in [0.717, 1.165) is 12.8 Å². The van der Waals surface area contributed by atoms with Crippen LogP contribution in [-0.2, 0) is 9.09 Å². The van der Waals surface area contributed by atoms with Crippen molar-refractivity contribution < 1.29 is 87.8 Å². The normalized spacial score (nSPS) is 14.1. The quantitative estimate of drug-likeness (QED) is 0.402. The van der Waals surface area contributed by atoms with Crippen molar-refractivity contribution in [2.75, 3.05) is 6.61 Å². The predicted octanol–water partition coefficient (Wildman–Crippen LogP) is -0.00150. The molecule has 0 aliphatic rings. The van der Waals surface area contributed by atoms with Crippen molar-refractivity contribution >= 4 is 7.82 Å². The van der Waals surface area contributed by atoms with Gasteiger partial charge >= 0.3 is 68.9 Å². The molecule has 0 rings (SSSR count). The van der Waals surface area contributed by atoms with Crippen molar-refractivity contribution in [2.45, 2.75) is 64.7 Å². The fourth-order valence-corrected chi connectivity index (χ4v) is 1.95. The average molecular weight is 384 g/mol. The van der Waals surface area contributed by atoms with Crippen molar-refractivity contribution in [1.82, 2.24) is 0 Å². The molecule has 0 amide bonds. The van der Waals surface area contributed by atoms with Gasteiger partial charge in [0.25, 0.3) is 7.82 Å². The van der Waals surface area contributed by atoms with Gasteiger partial charge in [0.15, 0.2) is 0 Å². The van der Waals surface area contributed by atoms with E-state index in [-0.39, 0.29) is 75.5 Å². The number of rotatable bonds is 11. The van der Waals surface area contributed by atoms with Crippen LogP contribution in [0, 0.1) is 0 Å². The second kappa shape index (κ2) is 14.6. The minimum atomic E-state index is -4.49. The summed E-state index contributed by atoms with van der Waals surface area (Å²) in [5.41, 5.74) is 0. The van der Waals surface area contributed by atoms with Crippen LogP contribution >= 0.6 is 7.82 Å². The summed E-state index contributed by atoms with van der Waals surface area (Å²) in [7, 11) is -4.49. The Hall–Kier alpha value is 2.16. The Morgan fingerprint density at radius 1 is 1.00 bits per heavy atom. The Kier molecular flexibility index (Phi) is 18.4. The number of phosphoric acid groups is 1. The second-order valence-electron chi connectivity index (χ2n) is 4.13. The summed E-state index contributed by atoms with van der Waals surface area (Å²) in [6.45, 7) is 2.31. The Balaban J connectivity index is 0. The summed E-state index contributed by atoms with van der Waals surface area (Å²) in [4.78, 5) is 18.5. The molecular weight excluding hydrogens is 360 g/mol. The number of hydrogen-bond donors (Lipinski definition) is 1. The van der Waals surface area contributed by atoms with Crippen LogP contribution in [0.3, 0.4) is 0 Å². The number of phosphoric ester groups is 1. The van der Waals surface area contributed by atoms with E-state index in [1.165, 1.54) is 38.5 Å². The maximum atomic E-state index is 10.2. The van der Waals surface area contributed by atoms with Gasteiger partial charge in [-0.2, -0.15) is 0 Å². The number of hydrogen-bond acceptors (Lipinski definition) is 3. The molecule has 0 bridgehead atoms.